The Morgan fingerprint density at radius 1 is 1.22 bits per heavy atom. The molecule has 0 fully saturated rings. The Morgan fingerprint density at radius 2 is 1.89 bits per heavy atom. The van der Waals surface area contributed by atoms with Crippen molar-refractivity contribution in [3.05, 3.63) is 29.8 Å². The standard InChI is InChI=1S/C17H20F2N2O6/c1-9(2)13(15(23)21-17(20)24)26-12(22)8-7-10-5-4-6-11(25-3)14(10)27-16(18)19/h4-9,13,16H,1-3H3,(H3,20,21,23,24)/b8-7+/t13-/m0/s1. The van der Waals surface area contributed by atoms with Crippen LogP contribution in [0, 0.1) is 5.92 Å². The van der Waals surface area contributed by atoms with Crippen molar-refractivity contribution in [3.8, 4) is 11.5 Å². The Morgan fingerprint density at radius 3 is 2.41 bits per heavy atom. The third-order valence-corrected chi connectivity index (χ3v) is 3.19. The van der Waals surface area contributed by atoms with Crippen LogP contribution in [0.5, 0.6) is 11.5 Å². The number of amides is 3. The van der Waals surface area contributed by atoms with Crippen molar-refractivity contribution < 1.29 is 37.4 Å². The Labute approximate surface area is 154 Å². The summed E-state index contributed by atoms with van der Waals surface area (Å²) in [6.45, 7) is 0.0980. The van der Waals surface area contributed by atoms with Gasteiger partial charge in [-0.15, -0.1) is 0 Å². The van der Waals surface area contributed by atoms with Crippen molar-refractivity contribution in [2.75, 3.05) is 7.11 Å². The van der Waals surface area contributed by atoms with E-state index in [1.165, 1.54) is 31.4 Å². The molecule has 3 N–H and O–H groups in total. The van der Waals surface area contributed by atoms with Crippen molar-refractivity contribution in [3.63, 3.8) is 0 Å². The maximum atomic E-state index is 12.6. The van der Waals surface area contributed by atoms with E-state index in [0.29, 0.717) is 0 Å². The number of carbonyl (C=O) groups is 3. The number of rotatable bonds is 8. The third-order valence-electron chi connectivity index (χ3n) is 3.19. The van der Waals surface area contributed by atoms with Crippen LogP contribution in [0.4, 0.5) is 13.6 Å². The number of nitrogens with one attached hydrogen (secondary N) is 1. The Hall–Kier alpha value is -3.17. The van der Waals surface area contributed by atoms with E-state index in [4.69, 9.17) is 15.2 Å². The number of methoxy groups -OCH3 is 1. The van der Waals surface area contributed by atoms with Gasteiger partial charge in [0.1, 0.15) is 0 Å². The molecule has 1 aromatic carbocycles. The van der Waals surface area contributed by atoms with Crippen molar-refractivity contribution >= 4 is 24.0 Å². The van der Waals surface area contributed by atoms with Gasteiger partial charge in [-0.3, -0.25) is 10.1 Å². The molecule has 0 aliphatic carbocycles. The number of alkyl halides is 2. The third kappa shape index (κ3) is 6.92. The first-order valence-electron chi connectivity index (χ1n) is 7.76. The molecule has 1 atom stereocenters. The molecule has 27 heavy (non-hydrogen) atoms. The summed E-state index contributed by atoms with van der Waals surface area (Å²) in [5, 5.41) is 1.83. The lowest BCUT2D eigenvalue weighted by Gasteiger charge is -2.18. The highest BCUT2D eigenvalue weighted by molar-refractivity contribution is 5.97. The van der Waals surface area contributed by atoms with Crippen LogP contribution in [0.25, 0.3) is 6.08 Å². The number of hydrogen-bond acceptors (Lipinski definition) is 6. The van der Waals surface area contributed by atoms with Gasteiger partial charge >= 0.3 is 18.6 Å². The first-order chi connectivity index (χ1) is 12.6. The van der Waals surface area contributed by atoms with Gasteiger partial charge in [0.2, 0.25) is 0 Å². The molecule has 10 heteroatoms. The number of ether oxygens (including phenoxy) is 3. The number of primary amides is 1. The number of halogens is 2. The summed E-state index contributed by atoms with van der Waals surface area (Å²) in [5.41, 5.74) is 5.00. The molecule has 0 spiro atoms. The lowest BCUT2D eigenvalue weighted by molar-refractivity contribution is -0.153. The Kier molecular flexibility index (Phi) is 8.18. The number of hydrogen-bond donors (Lipinski definition) is 2. The van der Waals surface area contributed by atoms with Gasteiger partial charge < -0.3 is 19.9 Å². The summed E-state index contributed by atoms with van der Waals surface area (Å²) in [4.78, 5) is 34.6. The summed E-state index contributed by atoms with van der Waals surface area (Å²) in [5.74, 6) is -2.46. The minimum Gasteiger partial charge on any atom is -0.493 e. The molecule has 0 radical (unpaired) electrons. The molecule has 0 saturated heterocycles. The van der Waals surface area contributed by atoms with Gasteiger partial charge in [-0.05, 0) is 18.1 Å². The zero-order valence-corrected chi connectivity index (χ0v) is 14.9. The summed E-state index contributed by atoms with van der Waals surface area (Å²) in [6.07, 6.45) is 0.836. The van der Waals surface area contributed by atoms with Crippen LogP contribution in [0.2, 0.25) is 0 Å². The van der Waals surface area contributed by atoms with Crippen LogP contribution in [-0.4, -0.2) is 37.7 Å². The van der Waals surface area contributed by atoms with E-state index in [1.54, 1.807) is 13.8 Å². The maximum Gasteiger partial charge on any atom is 0.387 e. The topological polar surface area (TPSA) is 117 Å². The molecule has 0 aromatic heterocycles. The maximum absolute atomic E-state index is 12.6. The Bertz CT molecular complexity index is 721. The van der Waals surface area contributed by atoms with E-state index in [0.717, 1.165) is 6.08 Å². The second kappa shape index (κ2) is 10.1. The van der Waals surface area contributed by atoms with Gasteiger partial charge in [0, 0.05) is 11.6 Å². The van der Waals surface area contributed by atoms with E-state index in [9.17, 15) is 23.2 Å². The van der Waals surface area contributed by atoms with E-state index in [2.05, 4.69) is 4.74 Å². The van der Waals surface area contributed by atoms with Crippen molar-refractivity contribution in [1.29, 1.82) is 0 Å². The van der Waals surface area contributed by atoms with Gasteiger partial charge in [-0.25, -0.2) is 9.59 Å². The molecule has 0 unspecified atom stereocenters. The minimum atomic E-state index is -3.09. The van der Waals surface area contributed by atoms with E-state index < -0.39 is 36.5 Å². The fourth-order valence-electron chi connectivity index (χ4n) is 2.05. The van der Waals surface area contributed by atoms with Gasteiger partial charge in [-0.1, -0.05) is 26.0 Å². The number of imide groups is 1. The van der Waals surface area contributed by atoms with Crippen LogP contribution in [-0.2, 0) is 14.3 Å². The number of nitrogens with two attached hydrogens (primary N) is 1. The number of urea groups is 1. The predicted octanol–water partition coefficient (Wildman–Crippen LogP) is 2.07. The number of esters is 1. The second-order valence-corrected chi connectivity index (χ2v) is 5.55. The molecule has 0 aliphatic heterocycles. The molecule has 0 aliphatic rings. The first kappa shape index (κ1) is 21.9. The quantitative estimate of drug-likeness (QED) is 0.522. The van der Waals surface area contributed by atoms with Crippen molar-refractivity contribution in [2.24, 2.45) is 11.7 Å². The van der Waals surface area contributed by atoms with E-state index in [-0.39, 0.29) is 17.1 Å². The largest absolute Gasteiger partial charge is 0.493 e. The molecule has 0 saturated carbocycles. The molecule has 0 heterocycles. The van der Waals surface area contributed by atoms with Crippen LogP contribution in [0.3, 0.4) is 0 Å². The lowest BCUT2D eigenvalue weighted by atomic mass is 10.1. The van der Waals surface area contributed by atoms with Gasteiger partial charge in [0.25, 0.3) is 5.91 Å². The van der Waals surface area contributed by atoms with Crippen LogP contribution >= 0.6 is 0 Å². The highest BCUT2D eigenvalue weighted by Gasteiger charge is 2.26. The molecular formula is C17H20F2N2O6. The van der Waals surface area contributed by atoms with Crippen molar-refractivity contribution in [1.82, 2.24) is 5.32 Å². The average molecular weight is 386 g/mol. The summed E-state index contributed by atoms with van der Waals surface area (Å²) >= 11 is 0. The molecule has 1 rings (SSSR count). The van der Waals surface area contributed by atoms with E-state index >= 15 is 0 Å². The monoisotopic (exact) mass is 386 g/mol. The number of para-hydroxylation sites is 1. The second-order valence-electron chi connectivity index (χ2n) is 5.55. The number of carbonyl (C=O) groups excluding carboxylic acids is 3. The highest BCUT2D eigenvalue weighted by Crippen LogP contribution is 2.33. The van der Waals surface area contributed by atoms with Gasteiger partial charge in [0.15, 0.2) is 17.6 Å². The zero-order chi connectivity index (χ0) is 20.6. The van der Waals surface area contributed by atoms with Crippen LogP contribution < -0.4 is 20.5 Å². The predicted molar refractivity (Wildman–Crippen MR) is 91.1 cm³/mol. The summed E-state index contributed by atoms with van der Waals surface area (Å²) in [7, 11) is 1.28. The van der Waals surface area contributed by atoms with Crippen molar-refractivity contribution in [2.45, 2.75) is 26.6 Å². The average Bonchev–Trinajstić information content (AvgIpc) is 2.57. The summed E-state index contributed by atoms with van der Waals surface area (Å²) < 4.78 is 39.6. The fourth-order valence-corrected chi connectivity index (χ4v) is 2.05. The number of benzene rings is 1. The van der Waals surface area contributed by atoms with Crippen LogP contribution in [0.15, 0.2) is 24.3 Å². The SMILES string of the molecule is COc1cccc(/C=C/C(=O)O[C@H](C(=O)NC(N)=O)C(C)C)c1OC(F)F. The molecule has 8 nitrogen and oxygen atoms in total. The van der Waals surface area contributed by atoms with Gasteiger partial charge in [-0.2, -0.15) is 8.78 Å². The van der Waals surface area contributed by atoms with Crippen LogP contribution in [0.1, 0.15) is 19.4 Å². The Balaban J connectivity index is 2.97. The molecular weight excluding hydrogens is 366 g/mol. The summed E-state index contributed by atoms with van der Waals surface area (Å²) in [6, 6.07) is 3.27. The van der Waals surface area contributed by atoms with Gasteiger partial charge in [0.05, 0.1) is 7.11 Å². The first-order valence-corrected chi connectivity index (χ1v) is 7.76. The molecule has 148 valence electrons. The molecule has 3 amide bonds. The highest BCUT2D eigenvalue weighted by atomic mass is 19.3. The minimum absolute atomic E-state index is 0.0479. The zero-order valence-electron chi connectivity index (χ0n) is 14.9. The smallest absolute Gasteiger partial charge is 0.387 e. The fraction of sp³-hybridized carbons (Fsp3) is 0.353. The lowest BCUT2D eigenvalue weighted by Crippen LogP contribution is -2.45. The molecule has 1 aromatic rings. The molecule has 0 bridgehead atoms. The van der Waals surface area contributed by atoms with E-state index in [1.807, 2.05) is 5.32 Å². The normalized spacial score (nSPS) is 12.1.